The van der Waals surface area contributed by atoms with E-state index in [1.165, 1.54) is 0 Å². The van der Waals surface area contributed by atoms with Crippen LogP contribution in [0.4, 0.5) is 0 Å². The van der Waals surface area contributed by atoms with E-state index in [0.29, 0.717) is 18.9 Å². The molecular weight excluding hydrogens is 252 g/mol. The molecule has 1 rings (SSSR count). The van der Waals surface area contributed by atoms with Crippen molar-refractivity contribution in [2.24, 2.45) is 11.7 Å². The van der Waals surface area contributed by atoms with Gasteiger partial charge in [-0.05, 0) is 50.8 Å². The van der Waals surface area contributed by atoms with Crippen LogP contribution in [0, 0.1) is 5.92 Å². The molecule has 0 radical (unpaired) electrons. The largest absolute Gasteiger partial charge is 0.469 e. The van der Waals surface area contributed by atoms with Crippen LogP contribution >= 0.6 is 0 Å². The van der Waals surface area contributed by atoms with Crippen LogP contribution in [0.15, 0.2) is 22.8 Å². The molecule has 0 aliphatic carbocycles. The van der Waals surface area contributed by atoms with Crippen molar-refractivity contribution >= 4 is 5.91 Å². The summed E-state index contributed by atoms with van der Waals surface area (Å²) in [5.74, 6) is 1.69. The standard InChI is InChI=1S/C16H28N2O2/c1-3-14(10-11-17)7-9-16(19)18-13(2)6-8-15-5-4-12-20-15/h4-5,12-14H,3,6-11,17H2,1-2H3,(H,18,19). The number of nitrogens with two attached hydrogens (primary N) is 1. The smallest absolute Gasteiger partial charge is 0.220 e. The number of hydrogen-bond acceptors (Lipinski definition) is 3. The van der Waals surface area contributed by atoms with Gasteiger partial charge in [-0.15, -0.1) is 0 Å². The fourth-order valence-corrected chi connectivity index (χ4v) is 2.36. The Bertz CT molecular complexity index is 363. The van der Waals surface area contributed by atoms with Gasteiger partial charge in [0.2, 0.25) is 5.91 Å². The fourth-order valence-electron chi connectivity index (χ4n) is 2.36. The van der Waals surface area contributed by atoms with Crippen LogP contribution in [0.25, 0.3) is 0 Å². The van der Waals surface area contributed by atoms with E-state index in [0.717, 1.165) is 37.9 Å². The first-order valence-electron chi connectivity index (χ1n) is 7.67. The van der Waals surface area contributed by atoms with E-state index in [9.17, 15) is 4.79 Å². The molecule has 0 bridgehead atoms. The summed E-state index contributed by atoms with van der Waals surface area (Å²) in [6, 6.07) is 4.04. The maximum atomic E-state index is 11.9. The summed E-state index contributed by atoms with van der Waals surface area (Å²) < 4.78 is 5.28. The molecule has 0 saturated heterocycles. The van der Waals surface area contributed by atoms with E-state index in [1.807, 2.05) is 19.1 Å². The Morgan fingerprint density at radius 3 is 2.80 bits per heavy atom. The van der Waals surface area contributed by atoms with Gasteiger partial charge in [-0.1, -0.05) is 13.3 Å². The molecule has 0 aliphatic rings. The van der Waals surface area contributed by atoms with Gasteiger partial charge in [0.1, 0.15) is 5.76 Å². The molecule has 4 heteroatoms. The summed E-state index contributed by atoms with van der Waals surface area (Å²) in [6.07, 6.45) is 7.09. The number of aryl methyl sites for hydroxylation is 1. The van der Waals surface area contributed by atoms with Gasteiger partial charge in [0.15, 0.2) is 0 Å². The molecule has 0 aliphatic heterocycles. The minimum Gasteiger partial charge on any atom is -0.469 e. The zero-order valence-corrected chi connectivity index (χ0v) is 12.7. The third kappa shape index (κ3) is 6.75. The first-order valence-corrected chi connectivity index (χ1v) is 7.67. The van der Waals surface area contributed by atoms with Crippen LogP contribution in [-0.2, 0) is 11.2 Å². The van der Waals surface area contributed by atoms with Gasteiger partial charge in [0.25, 0.3) is 0 Å². The molecule has 4 nitrogen and oxygen atoms in total. The monoisotopic (exact) mass is 280 g/mol. The molecule has 1 heterocycles. The summed E-state index contributed by atoms with van der Waals surface area (Å²) in [7, 11) is 0. The molecule has 1 aromatic heterocycles. The van der Waals surface area contributed by atoms with Crippen LogP contribution < -0.4 is 11.1 Å². The zero-order valence-electron chi connectivity index (χ0n) is 12.7. The first kappa shape index (κ1) is 16.8. The average Bonchev–Trinajstić information content (AvgIpc) is 2.94. The summed E-state index contributed by atoms with van der Waals surface area (Å²) in [6.45, 7) is 4.90. The number of carbonyl (C=O) groups is 1. The molecule has 20 heavy (non-hydrogen) atoms. The molecule has 0 saturated carbocycles. The normalized spacial score (nSPS) is 13.9. The Morgan fingerprint density at radius 2 is 2.20 bits per heavy atom. The third-order valence-electron chi connectivity index (χ3n) is 3.74. The Morgan fingerprint density at radius 1 is 1.40 bits per heavy atom. The molecule has 1 aromatic rings. The van der Waals surface area contributed by atoms with Crippen molar-refractivity contribution in [2.45, 2.75) is 58.4 Å². The Kier molecular flexibility index (Phi) is 8.04. The highest BCUT2D eigenvalue weighted by molar-refractivity contribution is 5.76. The second kappa shape index (κ2) is 9.59. The summed E-state index contributed by atoms with van der Waals surface area (Å²) in [5.41, 5.74) is 5.57. The lowest BCUT2D eigenvalue weighted by molar-refractivity contribution is -0.122. The van der Waals surface area contributed by atoms with Gasteiger partial charge < -0.3 is 15.5 Å². The second-order valence-electron chi connectivity index (χ2n) is 5.48. The summed E-state index contributed by atoms with van der Waals surface area (Å²) >= 11 is 0. The molecule has 114 valence electrons. The van der Waals surface area contributed by atoms with Gasteiger partial charge in [0, 0.05) is 18.9 Å². The van der Waals surface area contributed by atoms with Crippen molar-refractivity contribution in [3.63, 3.8) is 0 Å². The number of rotatable bonds is 10. The fraction of sp³-hybridized carbons (Fsp3) is 0.688. The van der Waals surface area contributed by atoms with Gasteiger partial charge in [-0.2, -0.15) is 0 Å². The molecule has 0 fully saturated rings. The van der Waals surface area contributed by atoms with E-state index >= 15 is 0 Å². The van der Waals surface area contributed by atoms with Gasteiger partial charge in [-0.25, -0.2) is 0 Å². The summed E-state index contributed by atoms with van der Waals surface area (Å²) in [4.78, 5) is 11.9. The maximum absolute atomic E-state index is 11.9. The van der Waals surface area contributed by atoms with Crippen LogP contribution in [0.3, 0.4) is 0 Å². The minimum absolute atomic E-state index is 0.146. The Labute approximate surface area is 122 Å². The highest BCUT2D eigenvalue weighted by atomic mass is 16.3. The first-order chi connectivity index (χ1) is 9.65. The van der Waals surface area contributed by atoms with Crippen molar-refractivity contribution in [3.8, 4) is 0 Å². The minimum atomic E-state index is 0.146. The van der Waals surface area contributed by atoms with E-state index in [1.54, 1.807) is 6.26 Å². The molecule has 0 aromatic carbocycles. The molecular formula is C16H28N2O2. The van der Waals surface area contributed by atoms with E-state index in [4.69, 9.17) is 10.2 Å². The van der Waals surface area contributed by atoms with Crippen LogP contribution in [0.1, 0.15) is 51.7 Å². The predicted molar refractivity (Wildman–Crippen MR) is 81.3 cm³/mol. The Balaban J connectivity index is 2.17. The zero-order chi connectivity index (χ0) is 14.8. The van der Waals surface area contributed by atoms with Gasteiger partial charge in [0.05, 0.1) is 6.26 Å². The third-order valence-corrected chi connectivity index (χ3v) is 3.74. The van der Waals surface area contributed by atoms with Crippen LogP contribution in [0.5, 0.6) is 0 Å². The number of amides is 1. The molecule has 3 N–H and O–H groups in total. The molecule has 2 unspecified atom stereocenters. The number of furan rings is 1. The highest BCUT2D eigenvalue weighted by Gasteiger charge is 2.11. The highest BCUT2D eigenvalue weighted by Crippen LogP contribution is 2.14. The van der Waals surface area contributed by atoms with Crippen molar-refractivity contribution in [3.05, 3.63) is 24.2 Å². The maximum Gasteiger partial charge on any atom is 0.220 e. The number of hydrogen-bond donors (Lipinski definition) is 2. The van der Waals surface area contributed by atoms with Gasteiger partial charge >= 0.3 is 0 Å². The quantitative estimate of drug-likeness (QED) is 0.692. The SMILES string of the molecule is CCC(CCN)CCC(=O)NC(C)CCc1ccco1. The van der Waals surface area contributed by atoms with Crippen molar-refractivity contribution < 1.29 is 9.21 Å². The van der Waals surface area contributed by atoms with E-state index in [-0.39, 0.29) is 11.9 Å². The molecule has 2 atom stereocenters. The average molecular weight is 280 g/mol. The number of carbonyl (C=O) groups excluding carboxylic acids is 1. The van der Waals surface area contributed by atoms with Crippen LogP contribution in [0.2, 0.25) is 0 Å². The lowest BCUT2D eigenvalue weighted by Crippen LogP contribution is -2.33. The van der Waals surface area contributed by atoms with Crippen molar-refractivity contribution in [1.29, 1.82) is 0 Å². The van der Waals surface area contributed by atoms with Crippen molar-refractivity contribution in [2.75, 3.05) is 6.54 Å². The lowest BCUT2D eigenvalue weighted by Gasteiger charge is -2.16. The van der Waals surface area contributed by atoms with Gasteiger partial charge in [-0.3, -0.25) is 4.79 Å². The molecule has 1 amide bonds. The van der Waals surface area contributed by atoms with Crippen LogP contribution in [-0.4, -0.2) is 18.5 Å². The summed E-state index contributed by atoms with van der Waals surface area (Å²) in [5, 5.41) is 3.05. The second-order valence-corrected chi connectivity index (χ2v) is 5.48. The molecule has 0 spiro atoms. The Hall–Kier alpha value is -1.29. The van der Waals surface area contributed by atoms with E-state index < -0.39 is 0 Å². The van der Waals surface area contributed by atoms with E-state index in [2.05, 4.69) is 12.2 Å². The number of nitrogens with one attached hydrogen (secondary N) is 1. The topological polar surface area (TPSA) is 68.3 Å². The predicted octanol–water partition coefficient (Wildman–Crippen LogP) is 2.87. The van der Waals surface area contributed by atoms with Crippen molar-refractivity contribution in [1.82, 2.24) is 5.32 Å². The lowest BCUT2D eigenvalue weighted by atomic mass is 9.96.